The zero-order valence-corrected chi connectivity index (χ0v) is 19.5. The number of carbonyl (C=O) groups is 2. The Labute approximate surface area is 193 Å². The average molecular weight is 470 g/mol. The summed E-state index contributed by atoms with van der Waals surface area (Å²) < 4.78 is 0. The topological polar surface area (TPSA) is 49.4 Å². The van der Waals surface area contributed by atoms with Gasteiger partial charge in [0.05, 0.1) is 6.42 Å². The zero-order valence-electron chi connectivity index (χ0n) is 17.3. The van der Waals surface area contributed by atoms with E-state index < -0.39 is 6.04 Å². The Balaban J connectivity index is 2.32. The number of hydrogen-bond acceptors (Lipinski definition) is 2. The number of amides is 2. The van der Waals surface area contributed by atoms with Crippen molar-refractivity contribution >= 4 is 46.6 Å². The predicted octanol–water partition coefficient (Wildman–Crippen LogP) is 5.91. The highest BCUT2D eigenvalue weighted by Gasteiger charge is 2.29. The fourth-order valence-electron chi connectivity index (χ4n) is 3.20. The van der Waals surface area contributed by atoms with Crippen LogP contribution in [0.1, 0.15) is 44.2 Å². The van der Waals surface area contributed by atoms with Gasteiger partial charge in [0.2, 0.25) is 11.8 Å². The minimum Gasteiger partial charge on any atom is -0.354 e. The van der Waals surface area contributed by atoms with E-state index in [4.69, 9.17) is 34.8 Å². The summed E-state index contributed by atoms with van der Waals surface area (Å²) in [5, 5.41) is 4.42. The third-order valence-electron chi connectivity index (χ3n) is 4.85. The molecule has 0 radical (unpaired) electrons. The maximum Gasteiger partial charge on any atom is 0.242 e. The van der Waals surface area contributed by atoms with E-state index in [1.807, 2.05) is 13.0 Å². The first-order chi connectivity index (χ1) is 14.4. The van der Waals surface area contributed by atoms with E-state index in [9.17, 15) is 9.59 Å². The summed E-state index contributed by atoms with van der Waals surface area (Å²) in [5.74, 6) is -0.362. The molecule has 1 N–H and O–H groups in total. The van der Waals surface area contributed by atoms with Gasteiger partial charge in [-0.05, 0) is 42.7 Å². The van der Waals surface area contributed by atoms with Crippen LogP contribution in [-0.2, 0) is 22.6 Å². The molecule has 162 valence electrons. The first-order valence-electron chi connectivity index (χ1n) is 10.1. The summed E-state index contributed by atoms with van der Waals surface area (Å²) in [4.78, 5) is 27.7. The Morgan fingerprint density at radius 3 is 2.30 bits per heavy atom. The minimum atomic E-state index is -0.624. The molecule has 0 saturated carbocycles. The van der Waals surface area contributed by atoms with Crippen LogP contribution in [0.15, 0.2) is 42.5 Å². The zero-order chi connectivity index (χ0) is 22.1. The van der Waals surface area contributed by atoms with E-state index in [-0.39, 0.29) is 24.8 Å². The third-order valence-corrected chi connectivity index (χ3v) is 5.79. The third kappa shape index (κ3) is 6.90. The van der Waals surface area contributed by atoms with Crippen molar-refractivity contribution in [2.45, 2.75) is 52.1 Å². The largest absolute Gasteiger partial charge is 0.354 e. The average Bonchev–Trinajstić information content (AvgIpc) is 2.70. The number of hydrogen-bond donors (Lipinski definition) is 1. The van der Waals surface area contributed by atoms with E-state index in [0.717, 1.165) is 18.4 Å². The van der Waals surface area contributed by atoms with Crippen LogP contribution in [0, 0.1) is 0 Å². The lowest BCUT2D eigenvalue weighted by Crippen LogP contribution is -2.49. The molecule has 0 heterocycles. The van der Waals surface area contributed by atoms with Crippen molar-refractivity contribution in [1.29, 1.82) is 0 Å². The molecular formula is C23H27Cl3N2O2. The Morgan fingerprint density at radius 1 is 1.03 bits per heavy atom. The Kier molecular flexibility index (Phi) is 9.96. The van der Waals surface area contributed by atoms with Crippen LogP contribution >= 0.6 is 34.8 Å². The second-order valence-electron chi connectivity index (χ2n) is 7.10. The molecule has 4 nitrogen and oxygen atoms in total. The number of benzene rings is 2. The first kappa shape index (κ1) is 24.5. The van der Waals surface area contributed by atoms with Crippen LogP contribution in [-0.4, -0.2) is 29.3 Å². The van der Waals surface area contributed by atoms with Crippen molar-refractivity contribution in [3.63, 3.8) is 0 Å². The maximum atomic E-state index is 13.3. The van der Waals surface area contributed by atoms with Crippen molar-refractivity contribution in [1.82, 2.24) is 10.2 Å². The number of carbonyl (C=O) groups excluding carboxylic acids is 2. The number of nitrogens with one attached hydrogen (secondary N) is 1. The molecule has 0 aliphatic carbocycles. The Morgan fingerprint density at radius 2 is 1.70 bits per heavy atom. The normalized spacial score (nSPS) is 11.8. The Bertz CT molecular complexity index is 853. The van der Waals surface area contributed by atoms with Crippen LogP contribution < -0.4 is 5.32 Å². The van der Waals surface area contributed by atoms with E-state index in [0.29, 0.717) is 33.6 Å². The standard InChI is InChI=1S/C23H27Cl3N2O2/c1-3-5-12-27-23(30)21(4-2)28(15-18-19(25)10-7-11-20(18)26)22(29)14-16-8-6-9-17(24)13-16/h6-11,13,21H,3-5,12,14-15H2,1-2H3,(H,27,30)/t21-/m1/s1. The summed E-state index contributed by atoms with van der Waals surface area (Å²) >= 11 is 18.8. The van der Waals surface area contributed by atoms with Gasteiger partial charge in [-0.1, -0.05) is 73.3 Å². The van der Waals surface area contributed by atoms with Gasteiger partial charge in [-0.25, -0.2) is 0 Å². The lowest BCUT2D eigenvalue weighted by molar-refractivity contribution is -0.140. The molecule has 2 aromatic carbocycles. The van der Waals surface area contributed by atoms with E-state index in [1.54, 1.807) is 41.3 Å². The fourth-order valence-corrected chi connectivity index (χ4v) is 3.93. The van der Waals surface area contributed by atoms with Crippen LogP contribution in [0.25, 0.3) is 0 Å². The smallest absolute Gasteiger partial charge is 0.242 e. The van der Waals surface area contributed by atoms with Gasteiger partial charge in [0.15, 0.2) is 0 Å². The molecule has 2 amide bonds. The second-order valence-corrected chi connectivity index (χ2v) is 8.35. The monoisotopic (exact) mass is 468 g/mol. The molecule has 7 heteroatoms. The van der Waals surface area contributed by atoms with Gasteiger partial charge < -0.3 is 10.2 Å². The predicted molar refractivity (Wildman–Crippen MR) is 124 cm³/mol. The molecule has 0 fully saturated rings. The van der Waals surface area contributed by atoms with Gasteiger partial charge >= 0.3 is 0 Å². The highest BCUT2D eigenvalue weighted by atomic mass is 35.5. The SMILES string of the molecule is CCCCNC(=O)[C@@H](CC)N(Cc1c(Cl)cccc1Cl)C(=O)Cc1cccc(Cl)c1. The summed E-state index contributed by atoms with van der Waals surface area (Å²) in [7, 11) is 0. The fraction of sp³-hybridized carbons (Fsp3) is 0.391. The molecule has 1 atom stereocenters. The molecule has 2 rings (SSSR count). The lowest BCUT2D eigenvalue weighted by Gasteiger charge is -2.31. The van der Waals surface area contributed by atoms with Gasteiger partial charge in [0.25, 0.3) is 0 Å². The summed E-state index contributed by atoms with van der Waals surface area (Å²) in [5.41, 5.74) is 1.41. The minimum absolute atomic E-state index is 0.126. The molecule has 0 saturated heterocycles. The Hall–Kier alpha value is -1.75. The van der Waals surface area contributed by atoms with Crippen molar-refractivity contribution < 1.29 is 9.59 Å². The number of halogens is 3. The van der Waals surface area contributed by atoms with Gasteiger partial charge in [0, 0.05) is 33.7 Å². The molecule has 0 spiro atoms. The van der Waals surface area contributed by atoms with Crippen molar-refractivity contribution in [2.24, 2.45) is 0 Å². The van der Waals surface area contributed by atoms with Gasteiger partial charge in [-0.15, -0.1) is 0 Å². The molecule has 0 bridgehead atoms. The molecular weight excluding hydrogens is 443 g/mol. The van der Waals surface area contributed by atoms with Crippen LogP contribution in [0.4, 0.5) is 0 Å². The van der Waals surface area contributed by atoms with Crippen molar-refractivity contribution in [3.05, 3.63) is 68.7 Å². The molecule has 0 aliphatic rings. The second kappa shape index (κ2) is 12.2. The van der Waals surface area contributed by atoms with Crippen LogP contribution in [0.3, 0.4) is 0 Å². The number of unbranched alkanes of at least 4 members (excludes halogenated alkanes) is 1. The molecule has 2 aromatic rings. The highest BCUT2D eigenvalue weighted by Crippen LogP contribution is 2.27. The van der Waals surface area contributed by atoms with Crippen LogP contribution in [0.2, 0.25) is 15.1 Å². The van der Waals surface area contributed by atoms with E-state index >= 15 is 0 Å². The molecule has 0 aromatic heterocycles. The summed E-state index contributed by atoms with van der Waals surface area (Å²) in [6.45, 7) is 4.67. The molecule has 30 heavy (non-hydrogen) atoms. The molecule has 0 aliphatic heterocycles. The van der Waals surface area contributed by atoms with Gasteiger partial charge in [-0.3, -0.25) is 9.59 Å². The van der Waals surface area contributed by atoms with Gasteiger partial charge in [0.1, 0.15) is 6.04 Å². The van der Waals surface area contributed by atoms with Crippen LogP contribution in [0.5, 0.6) is 0 Å². The maximum absolute atomic E-state index is 13.3. The lowest BCUT2D eigenvalue weighted by atomic mass is 10.1. The van der Waals surface area contributed by atoms with Crippen molar-refractivity contribution in [3.8, 4) is 0 Å². The van der Waals surface area contributed by atoms with Crippen molar-refractivity contribution in [2.75, 3.05) is 6.54 Å². The number of nitrogens with zero attached hydrogens (tertiary/aromatic N) is 1. The van der Waals surface area contributed by atoms with Gasteiger partial charge in [-0.2, -0.15) is 0 Å². The molecule has 0 unspecified atom stereocenters. The summed E-state index contributed by atoms with van der Waals surface area (Å²) in [6, 6.07) is 11.7. The highest BCUT2D eigenvalue weighted by molar-refractivity contribution is 6.36. The quantitative estimate of drug-likeness (QED) is 0.440. The van der Waals surface area contributed by atoms with E-state index in [1.165, 1.54) is 0 Å². The number of rotatable bonds is 10. The van der Waals surface area contributed by atoms with E-state index in [2.05, 4.69) is 12.2 Å². The summed E-state index contributed by atoms with van der Waals surface area (Å²) in [6.07, 6.45) is 2.46. The first-order valence-corrected chi connectivity index (χ1v) is 11.2.